The van der Waals surface area contributed by atoms with Crippen molar-refractivity contribution in [1.82, 2.24) is 29.7 Å². The zero-order chi connectivity index (χ0) is 32.0. The number of aromatic nitrogens is 4. The van der Waals surface area contributed by atoms with Crippen LogP contribution in [0.1, 0.15) is 49.7 Å². The topological polar surface area (TPSA) is 111 Å². The fourth-order valence-electron chi connectivity index (χ4n) is 7.78. The highest BCUT2D eigenvalue weighted by molar-refractivity contribution is 5.93. The van der Waals surface area contributed by atoms with Gasteiger partial charge in [-0.25, -0.2) is 13.2 Å². The van der Waals surface area contributed by atoms with Gasteiger partial charge >= 0.3 is 6.01 Å². The zero-order valence-electron chi connectivity index (χ0n) is 25.5. The Morgan fingerprint density at radius 2 is 1.98 bits per heavy atom. The minimum Gasteiger partial charge on any atom is -0.461 e. The van der Waals surface area contributed by atoms with Crippen LogP contribution in [0.4, 0.5) is 19.0 Å². The molecule has 0 aromatic carbocycles. The molecule has 3 aromatic heterocycles. The maximum Gasteiger partial charge on any atom is 0.319 e. The van der Waals surface area contributed by atoms with E-state index in [-0.39, 0.29) is 49.9 Å². The summed E-state index contributed by atoms with van der Waals surface area (Å²) in [5.41, 5.74) is 2.45. The Hall–Kier alpha value is -4.31. The van der Waals surface area contributed by atoms with Crippen molar-refractivity contribution in [3.05, 3.63) is 47.9 Å². The third kappa shape index (κ3) is 5.32. The lowest BCUT2D eigenvalue weighted by atomic mass is 9.89. The Labute approximate surface area is 264 Å². The van der Waals surface area contributed by atoms with Gasteiger partial charge in [0.15, 0.2) is 11.6 Å². The molecule has 3 saturated heterocycles. The fourth-order valence-corrected chi connectivity index (χ4v) is 7.78. The summed E-state index contributed by atoms with van der Waals surface area (Å²) in [6, 6.07) is 1.37. The maximum atomic E-state index is 16.7. The summed E-state index contributed by atoms with van der Waals surface area (Å²) in [4.78, 5) is 36.0. The van der Waals surface area contributed by atoms with Crippen LogP contribution in [0.25, 0.3) is 22.2 Å². The van der Waals surface area contributed by atoms with Crippen LogP contribution in [-0.2, 0) is 17.6 Å². The number of anilines is 1. The first kappa shape index (κ1) is 30.3. The number of amides is 1. The molecule has 10 nitrogen and oxygen atoms in total. The van der Waals surface area contributed by atoms with E-state index in [1.54, 1.807) is 6.20 Å². The second-order valence-electron chi connectivity index (χ2n) is 12.8. The Morgan fingerprint density at radius 1 is 1.13 bits per heavy atom. The van der Waals surface area contributed by atoms with Gasteiger partial charge in [0.2, 0.25) is 0 Å². The first-order chi connectivity index (χ1) is 22.3. The van der Waals surface area contributed by atoms with Crippen LogP contribution in [0.2, 0.25) is 0 Å². The summed E-state index contributed by atoms with van der Waals surface area (Å²) in [5.74, 6) is -2.26. The number of fused-ring (bicyclic) bond motifs is 3. The van der Waals surface area contributed by atoms with Gasteiger partial charge in [-0.2, -0.15) is 15.2 Å². The number of aryl methyl sites for hydroxylation is 1. The number of alkyl halides is 1. The molecule has 0 unspecified atom stereocenters. The van der Waals surface area contributed by atoms with Gasteiger partial charge < -0.3 is 14.5 Å². The molecule has 1 aliphatic carbocycles. The first-order valence-electron chi connectivity index (χ1n) is 15.9. The molecule has 0 bridgehead atoms. The molecule has 240 valence electrons. The van der Waals surface area contributed by atoms with Crippen molar-refractivity contribution >= 4 is 22.6 Å². The van der Waals surface area contributed by atoms with E-state index >= 15 is 4.39 Å². The van der Waals surface area contributed by atoms with Crippen LogP contribution in [0.5, 0.6) is 6.01 Å². The summed E-state index contributed by atoms with van der Waals surface area (Å²) in [5, 5.41) is 9.83. The Morgan fingerprint density at radius 3 is 2.80 bits per heavy atom. The Bertz CT molecular complexity index is 1750. The van der Waals surface area contributed by atoms with Crippen LogP contribution in [0, 0.1) is 17.1 Å². The van der Waals surface area contributed by atoms with Gasteiger partial charge in [-0.15, -0.1) is 0 Å². The monoisotopic (exact) mass is 632 g/mol. The average molecular weight is 633 g/mol. The average Bonchev–Trinajstić information content (AvgIpc) is 3.59. The number of carbonyl (C=O) groups excluding carboxylic acids is 1. The molecule has 4 aliphatic rings. The summed E-state index contributed by atoms with van der Waals surface area (Å²) in [7, 11) is 0. The van der Waals surface area contributed by atoms with E-state index in [1.807, 2.05) is 11.1 Å². The van der Waals surface area contributed by atoms with Crippen molar-refractivity contribution in [2.75, 3.05) is 44.2 Å². The van der Waals surface area contributed by atoms with Crippen molar-refractivity contribution in [1.29, 1.82) is 5.26 Å². The smallest absolute Gasteiger partial charge is 0.319 e. The van der Waals surface area contributed by atoms with Gasteiger partial charge in [0.1, 0.15) is 29.8 Å². The van der Waals surface area contributed by atoms with E-state index in [1.165, 1.54) is 11.1 Å². The minimum atomic E-state index is -1.10. The molecular formula is C33H35F3N8O2. The summed E-state index contributed by atoms with van der Waals surface area (Å²) in [6.07, 6.45) is 9.84. The SMILES string of the molecule is C=C(F)C(=O)N1CCN(c2nc(OC[C@@]34CCCN3C[C@H](F)C4)nc3c(F)c(-c4cncc5c4CCCC5)ncc23)C[C@@H]1CC#N. The van der Waals surface area contributed by atoms with Gasteiger partial charge in [-0.05, 0) is 56.2 Å². The molecule has 3 aromatic rings. The van der Waals surface area contributed by atoms with Crippen molar-refractivity contribution in [3.63, 3.8) is 0 Å². The second kappa shape index (κ2) is 12.1. The molecule has 0 spiro atoms. The molecule has 3 aliphatic heterocycles. The van der Waals surface area contributed by atoms with Gasteiger partial charge in [0.05, 0.1) is 29.5 Å². The van der Waals surface area contributed by atoms with Crippen LogP contribution in [0.3, 0.4) is 0 Å². The number of nitrogens with zero attached hydrogens (tertiary/aromatic N) is 8. The summed E-state index contributed by atoms with van der Waals surface area (Å²) in [6.45, 7) is 4.91. The summed E-state index contributed by atoms with van der Waals surface area (Å²) >= 11 is 0. The molecule has 6 heterocycles. The van der Waals surface area contributed by atoms with Crippen molar-refractivity contribution in [2.45, 2.75) is 69.1 Å². The third-order valence-electron chi connectivity index (χ3n) is 10.0. The van der Waals surface area contributed by atoms with E-state index < -0.39 is 35.3 Å². The molecule has 3 atom stereocenters. The van der Waals surface area contributed by atoms with E-state index in [4.69, 9.17) is 9.72 Å². The van der Waals surface area contributed by atoms with Gasteiger partial charge in [-0.1, -0.05) is 6.58 Å². The van der Waals surface area contributed by atoms with Crippen LogP contribution in [-0.4, -0.2) is 92.7 Å². The number of hydrogen-bond acceptors (Lipinski definition) is 9. The predicted molar refractivity (Wildman–Crippen MR) is 164 cm³/mol. The zero-order valence-corrected chi connectivity index (χ0v) is 25.5. The number of ether oxygens (including phenoxy) is 1. The standard InChI is InChI=1S/C33H35F3N8O2/c1-20(34)31(45)44-12-11-42(18-23(44)7-9-37)30-26-16-39-28(25-15-38-14-21-5-2-3-6-24(21)25)27(36)29(26)40-32(41-30)46-19-33-8-4-10-43(33)17-22(35)13-33/h14-16,22-23H,1-8,10-13,17-19H2/t22-,23+,33+/m1/s1. The van der Waals surface area contributed by atoms with Crippen LogP contribution in [0.15, 0.2) is 31.0 Å². The number of pyridine rings is 2. The molecule has 1 amide bonds. The number of rotatable bonds is 7. The van der Waals surface area contributed by atoms with E-state index in [9.17, 15) is 18.8 Å². The predicted octanol–water partition coefficient (Wildman–Crippen LogP) is 4.47. The van der Waals surface area contributed by atoms with E-state index in [2.05, 4.69) is 32.5 Å². The second-order valence-corrected chi connectivity index (χ2v) is 12.8. The fraction of sp³-hybridized carbons (Fsp3) is 0.515. The van der Waals surface area contributed by atoms with Crippen LogP contribution >= 0.6 is 0 Å². The first-order valence-corrected chi connectivity index (χ1v) is 15.9. The highest BCUT2D eigenvalue weighted by Crippen LogP contribution is 2.41. The van der Waals surface area contributed by atoms with Gasteiger partial charge in [0, 0.05) is 56.8 Å². The van der Waals surface area contributed by atoms with Gasteiger partial charge in [0.25, 0.3) is 5.91 Å². The molecule has 3 fully saturated rings. The van der Waals surface area contributed by atoms with Crippen LogP contribution < -0.4 is 9.64 Å². The third-order valence-corrected chi connectivity index (χ3v) is 10.0. The highest BCUT2D eigenvalue weighted by atomic mass is 19.1. The molecular weight excluding hydrogens is 597 g/mol. The minimum absolute atomic E-state index is 0.0152. The lowest BCUT2D eigenvalue weighted by molar-refractivity contribution is -0.131. The number of piperazine rings is 1. The number of hydrogen-bond donors (Lipinski definition) is 0. The largest absolute Gasteiger partial charge is 0.461 e. The maximum absolute atomic E-state index is 16.7. The molecule has 7 rings (SSSR count). The molecule has 0 radical (unpaired) electrons. The van der Waals surface area contributed by atoms with Crippen molar-refractivity contribution in [3.8, 4) is 23.3 Å². The van der Waals surface area contributed by atoms with Crippen molar-refractivity contribution in [2.24, 2.45) is 0 Å². The van der Waals surface area contributed by atoms with Gasteiger partial charge in [-0.3, -0.25) is 19.7 Å². The summed E-state index contributed by atoms with van der Waals surface area (Å²) < 4.78 is 51.2. The number of nitriles is 1. The lowest BCUT2D eigenvalue weighted by Crippen LogP contribution is -2.55. The van der Waals surface area contributed by atoms with E-state index in [0.29, 0.717) is 29.7 Å². The molecule has 46 heavy (non-hydrogen) atoms. The molecule has 13 heteroatoms. The molecule has 0 N–H and O–H groups in total. The number of carbonyl (C=O) groups is 1. The quantitative estimate of drug-likeness (QED) is 0.348. The highest BCUT2D eigenvalue weighted by Gasteiger charge is 2.49. The van der Waals surface area contributed by atoms with Crippen molar-refractivity contribution < 1.29 is 22.7 Å². The molecule has 0 saturated carbocycles. The Balaban J connectivity index is 1.30. The number of halogens is 3. The normalized spacial score (nSPS) is 24.5. The Kier molecular flexibility index (Phi) is 8.00. The lowest BCUT2D eigenvalue weighted by Gasteiger charge is -2.41. The van der Waals surface area contributed by atoms with E-state index in [0.717, 1.165) is 56.2 Å².